The minimum absolute atomic E-state index is 0.0155. The number of hydrogen-bond acceptors (Lipinski definition) is 5. The van der Waals surface area contributed by atoms with Gasteiger partial charge >= 0.3 is 5.97 Å². The van der Waals surface area contributed by atoms with Crippen LogP contribution in [0.2, 0.25) is 5.02 Å². The molecular formula is C17H15ClFNO5S. The number of esters is 1. The summed E-state index contributed by atoms with van der Waals surface area (Å²) in [6, 6.07) is 10.4. The van der Waals surface area contributed by atoms with Gasteiger partial charge in [0.1, 0.15) is 5.82 Å². The number of nitrogens with one attached hydrogen (secondary N) is 1. The van der Waals surface area contributed by atoms with Crippen LogP contribution >= 0.6 is 11.6 Å². The van der Waals surface area contributed by atoms with Crippen molar-refractivity contribution in [2.45, 2.75) is 11.3 Å². The maximum absolute atomic E-state index is 12.8. The smallest absolute Gasteiger partial charge is 0.307 e. The van der Waals surface area contributed by atoms with Crippen molar-refractivity contribution in [1.29, 1.82) is 0 Å². The molecule has 1 N–H and O–H groups in total. The summed E-state index contributed by atoms with van der Waals surface area (Å²) >= 11 is 5.70. The van der Waals surface area contributed by atoms with Crippen molar-refractivity contribution in [3.63, 3.8) is 0 Å². The van der Waals surface area contributed by atoms with Crippen molar-refractivity contribution >= 4 is 33.4 Å². The molecule has 0 aliphatic rings. The summed E-state index contributed by atoms with van der Waals surface area (Å²) in [6.45, 7) is -0.692. The number of ether oxygens (including phenoxy) is 1. The Hall–Kier alpha value is -2.29. The zero-order valence-electron chi connectivity index (χ0n) is 13.4. The van der Waals surface area contributed by atoms with Crippen molar-refractivity contribution in [2.75, 3.05) is 13.2 Å². The fourth-order valence-corrected chi connectivity index (χ4v) is 3.08. The molecule has 0 aromatic heterocycles. The number of halogens is 2. The van der Waals surface area contributed by atoms with Crippen LogP contribution in [0.15, 0.2) is 53.4 Å². The Labute approximate surface area is 155 Å². The number of carbonyl (C=O) groups excluding carboxylic acids is 2. The first-order valence-corrected chi connectivity index (χ1v) is 9.34. The summed E-state index contributed by atoms with van der Waals surface area (Å²) in [6.07, 6.45) is -0.247. The molecular weight excluding hydrogens is 385 g/mol. The van der Waals surface area contributed by atoms with Gasteiger partial charge in [0.2, 0.25) is 10.0 Å². The van der Waals surface area contributed by atoms with Crippen molar-refractivity contribution in [3.05, 3.63) is 64.9 Å². The molecule has 2 rings (SSSR count). The molecule has 0 aliphatic heterocycles. The van der Waals surface area contributed by atoms with Gasteiger partial charge in [-0.15, -0.1) is 0 Å². The van der Waals surface area contributed by atoms with Gasteiger partial charge < -0.3 is 4.74 Å². The fourth-order valence-electron chi connectivity index (χ4n) is 1.92. The molecule has 0 aliphatic carbocycles. The lowest BCUT2D eigenvalue weighted by Gasteiger charge is -2.07. The Kier molecular flexibility index (Phi) is 6.84. The normalized spacial score (nSPS) is 11.2. The number of carbonyl (C=O) groups is 2. The lowest BCUT2D eigenvalue weighted by molar-refractivity contribution is -0.142. The molecule has 2 aromatic rings. The second-order valence-corrected chi connectivity index (χ2v) is 7.40. The molecule has 0 saturated heterocycles. The Morgan fingerprint density at radius 1 is 1.04 bits per heavy atom. The van der Waals surface area contributed by atoms with Crippen molar-refractivity contribution in [1.82, 2.24) is 4.72 Å². The molecule has 0 radical (unpaired) electrons. The van der Waals surface area contributed by atoms with E-state index in [0.29, 0.717) is 5.02 Å². The van der Waals surface area contributed by atoms with E-state index in [-0.39, 0.29) is 23.4 Å². The zero-order valence-corrected chi connectivity index (χ0v) is 15.0. The van der Waals surface area contributed by atoms with Crippen LogP contribution in [0.1, 0.15) is 16.8 Å². The van der Waals surface area contributed by atoms with Gasteiger partial charge in [0.25, 0.3) is 0 Å². The lowest BCUT2D eigenvalue weighted by atomic mass is 10.1. The molecule has 0 saturated carbocycles. The van der Waals surface area contributed by atoms with E-state index in [9.17, 15) is 22.4 Å². The maximum atomic E-state index is 12.8. The van der Waals surface area contributed by atoms with Crippen molar-refractivity contribution in [3.8, 4) is 0 Å². The second kappa shape index (κ2) is 8.88. The van der Waals surface area contributed by atoms with E-state index >= 15 is 0 Å². The van der Waals surface area contributed by atoms with Gasteiger partial charge in [-0.05, 0) is 48.5 Å². The van der Waals surface area contributed by atoms with Gasteiger partial charge in [-0.1, -0.05) is 11.6 Å². The lowest BCUT2D eigenvalue weighted by Crippen LogP contribution is -2.27. The van der Waals surface area contributed by atoms with E-state index in [1.807, 2.05) is 0 Å². The first-order chi connectivity index (χ1) is 12.3. The topological polar surface area (TPSA) is 89.5 Å². The number of rotatable bonds is 8. The average Bonchev–Trinajstić information content (AvgIpc) is 2.60. The molecule has 0 heterocycles. The largest absolute Gasteiger partial charge is 0.457 e. The average molecular weight is 400 g/mol. The first kappa shape index (κ1) is 20.0. The standard InChI is InChI=1S/C17H15ClFNO5S/c18-13-3-7-15(8-4-13)26(23,24)20-10-9-17(22)25-11-16(21)12-1-5-14(19)6-2-12/h1-8,20H,9-11H2. The molecule has 2 aromatic carbocycles. The molecule has 138 valence electrons. The summed E-state index contributed by atoms with van der Waals surface area (Å²) in [5.74, 6) is -1.70. The number of hydrogen-bond donors (Lipinski definition) is 1. The minimum atomic E-state index is -3.77. The molecule has 0 fully saturated rings. The highest BCUT2D eigenvalue weighted by Gasteiger charge is 2.15. The molecule has 0 unspecified atom stereocenters. The van der Waals surface area contributed by atoms with Crippen LogP contribution in [0.4, 0.5) is 4.39 Å². The Balaban J connectivity index is 1.77. The number of benzene rings is 2. The second-order valence-electron chi connectivity index (χ2n) is 5.19. The number of Topliss-reactive ketones (excluding diaryl/α,β-unsaturated/α-hetero) is 1. The molecule has 6 nitrogen and oxygen atoms in total. The summed E-state index contributed by atoms with van der Waals surface area (Å²) in [7, 11) is -3.77. The first-order valence-electron chi connectivity index (χ1n) is 7.47. The highest BCUT2D eigenvalue weighted by atomic mass is 35.5. The van der Waals surface area contributed by atoms with Crippen molar-refractivity contribution in [2.24, 2.45) is 0 Å². The van der Waals surface area contributed by atoms with Crippen molar-refractivity contribution < 1.29 is 27.1 Å². The van der Waals surface area contributed by atoms with Crippen LogP contribution in [0.3, 0.4) is 0 Å². The zero-order chi connectivity index (χ0) is 19.2. The van der Waals surface area contributed by atoms with Crippen LogP contribution in [-0.2, 0) is 19.6 Å². The summed E-state index contributed by atoms with van der Waals surface area (Å²) in [5.41, 5.74) is 0.211. The summed E-state index contributed by atoms with van der Waals surface area (Å²) in [4.78, 5) is 23.4. The Bertz CT molecular complexity index is 882. The number of ketones is 1. The highest BCUT2D eigenvalue weighted by Crippen LogP contribution is 2.13. The Morgan fingerprint density at radius 2 is 1.65 bits per heavy atom. The van der Waals surface area contributed by atoms with Crippen LogP contribution < -0.4 is 4.72 Å². The molecule has 26 heavy (non-hydrogen) atoms. The van der Waals surface area contributed by atoms with Crippen LogP contribution in [-0.4, -0.2) is 33.3 Å². The molecule has 9 heteroatoms. The molecule has 0 amide bonds. The molecule has 0 bridgehead atoms. The third-order valence-corrected chi connectivity index (χ3v) is 5.00. The van der Waals surface area contributed by atoms with Gasteiger partial charge in [0.15, 0.2) is 12.4 Å². The summed E-state index contributed by atoms with van der Waals surface area (Å²) in [5, 5.41) is 0.401. The van der Waals surface area contributed by atoms with E-state index in [2.05, 4.69) is 4.72 Å². The Morgan fingerprint density at radius 3 is 2.27 bits per heavy atom. The summed E-state index contributed by atoms with van der Waals surface area (Å²) < 4.78 is 43.9. The minimum Gasteiger partial charge on any atom is -0.457 e. The fraction of sp³-hybridized carbons (Fsp3) is 0.176. The van der Waals surface area contributed by atoms with E-state index in [1.54, 1.807) is 0 Å². The quantitative estimate of drug-likeness (QED) is 0.544. The third-order valence-electron chi connectivity index (χ3n) is 3.28. The van der Waals surface area contributed by atoms with Gasteiger partial charge in [-0.25, -0.2) is 17.5 Å². The molecule has 0 atom stereocenters. The van der Waals surface area contributed by atoms with E-state index in [1.165, 1.54) is 36.4 Å². The van der Waals surface area contributed by atoms with Gasteiger partial charge in [-0.3, -0.25) is 9.59 Å². The van der Waals surface area contributed by atoms with Crippen LogP contribution in [0.5, 0.6) is 0 Å². The SMILES string of the molecule is O=C(CCNS(=O)(=O)c1ccc(Cl)cc1)OCC(=O)c1ccc(F)cc1. The van der Waals surface area contributed by atoms with Gasteiger partial charge in [-0.2, -0.15) is 0 Å². The predicted octanol–water partition coefficient (Wildman–Crippen LogP) is 2.57. The van der Waals surface area contributed by atoms with E-state index in [4.69, 9.17) is 16.3 Å². The third kappa shape index (κ3) is 5.91. The van der Waals surface area contributed by atoms with Crippen LogP contribution in [0.25, 0.3) is 0 Å². The molecule has 0 spiro atoms. The number of sulfonamides is 1. The van der Waals surface area contributed by atoms with Crippen LogP contribution in [0, 0.1) is 5.82 Å². The monoisotopic (exact) mass is 399 g/mol. The predicted molar refractivity (Wildman–Crippen MR) is 92.9 cm³/mol. The highest BCUT2D eigenvalue weighted by molar-refractivity contribution is 7.89. The van der Waals surface area contributed by atoms with Gasteiger partial charge in [0.05, 0.1) is 11.3 Å². The van der Waals surface area contributed by atoms with E-state index in [0.717, 1.165) is 12.1 Å². The van der Waals surface area contributed by atoms with E-state index < -0.39 is 34.2 Å². The van der Waals surface area contributed by atoms with Gasteiger partial charge in [0, 0.05) is 17.1 Å². The maximum Gasteiger partial charge on any atom is 0.307 e.